The number of benzene rings is 1. The van der Waals surface area contributed by atoms with Crippen LogP contribution >= 0.6 is 11.3 Å². The quantitative estimate of drug-likeness (QED) is 0.875. The van der Waals surface area contributed by atoms with Crippen molar-refractivity contribution in [3.63, 3.8) is 0 Å². The second-order valence-electron chi connectivity index (χ2n) is 5.14. The zero-order valence-electron chi connectivity index (χ0n) is 12.8. The number of rotatable bonds is 4. The van der Waals surface area contributed by atoms with E-state index in [-0.39, 0.29) is 5.78 Å². The van der Waals surface area contributed by atoms with Crippen molar-refractivity contribution in [2.24, 2.45) is 0 Å². The molecule has 0 unspecified atom stereocenters. The number of ether oxygens (including phenoxy) is 1. The minimum absolute atomic E-state index is 0.0593. The minimum atomic E-state index is -0.0593. The smallest absolute Gasteiger partial charge is 0.205 e. The number of carbonyl (C=O) groups is 1. The Morgan fingerprint density at radius 2 is 2.00 bits per heavy atom. The molecule has 0 bridgehead atoms. The van der Waals surface area contributed by atoms with Crippen LogP contribution in [0.4, 0.5) is 10.7 Å². The van der Waals surface area contributed by atoms with E-state index in [1.807, 2.05) is 18.2 Å². The first-order chi connectivity index (χ1) is 11.3. The predicted molar refractivity (Wildman–Crippen MR) is 91.5 cm³/mol. The van der Waals surface area contributed by atoms with E-state index < -0.39 is 0 Å². The molecule has 0 amide bonds. The monoisotopic (exact) mass is 327 g/mol. The molecule has 0 aliphatic carbocycles. The van der Waals surface area contributed by atoms with Gasteiger partial charge in [0.25, 0.3) is 0 Å². The lowest BCUT2D eigenvalue weighted by molar-refractivity contribution is 0.104. The number of ketones is 1. The maximum absolute atomic E-state index is 12.8. The summed E-state index contributed by atoms with van der Waals surface area (Å²) in [6.07, 6.45) is 0. The van der Waals surface area contributed by atoms with E-state index in [1.54, 1.807) is 19.2 Å². The normalized spacial score (nSPS) is 14.3. The third kappa shape index (κ3) is 2.93. The van der Waals surface area contributed by atoms with Crippen molar-refractivity contribution >= 4 is 27.8 Å². The molecule has 23 heavy (non-hydrogen) atoms. The summed E-state index contributed by atoms with van der Waals surface area (Å²) < 4.78 is 5.37. The van der Waals surface area contributed by atoms with Crippen LogP contribution in [-0.2, 0) is 4.74 Å². The number of hydrogen-bond acceptors (Lipinski definition) is 6. The van der Waals surface area contributed by atoms with E-state index in [4.69, 9.17) is 4.74 Å². The van der Waals surface area contributed by atoms with Crippen molar-refractivity contribution in [3.05, 3.63) is 46.3 Å². The predicted octanol–water partition coefficient (Wildman–Crippen LogP) is 2.73. The fourth-order valence-corrected chi connectivity index (χ4v) is 3.90. The number of carbonyl (C=O) groups excluding carboxylic acids is 1. The number of hydrogen-bond donors (Lipinski definition) is 1. The number of nitrogens with zero attached hydrogens (tertiary/aromatic N) is 2. The van der Waals surface area contributed by atoms with Crippen LogP contribution in [0.25, 0.3) is 0 Å². The lowest BCUT2D eigenvalue weighted by Gasteiger charge is -2.27. The molecule has 1 fully saturated rings. The molecule has 5 nitrogen and oxygen atoms in total. The van der Waals surface area contributed by atoms with Gasteiger partial charge in [0.1, 0.15) is 21.5 Å². The Bertz CT molecular complexity index is 743. The summed E-state index contributed by atoms with van der Waals surface area (Å²) in [6.45, 7) is 2.74. The molecule has 6 heteroatoms. The summed E-state index contributed by atoms with van der Waals surface area (Å²) in [6, 6.07) is 11.4. The zero-order valence-corrected chi connectivity index (χ0v) is 13.7. The van der Waals surface area contributed by atoms with E-state index >= 15 is 0 Å². The van der Waals surface area contributed by atoms with E-state index in [0.717, 1.165) is 18.1 Å². The summed E-state index contributed by atoms with van der Waals surface area (Å²) >= 11 is 1.38. The molecule has 1 aromatic heterocycles. The van der Waals surface area contributed by atoms with Crippen molar-refractivity contribution in [1.29, 1.82) is 5.26 Å². The molecule has 1 saturated heterocycles. The highest BCUT2D eigenvalue weighted by atomic mass is 32.1. The molecule has 1 aliphatic heterocycles. The first kappa shape index (κ1) is 15.5. The lowest BCUT2D eigenvalue weighted by atomic mass is 10.1. The van der Waals surface area contributed by atoms with Gasteiger partial charge < -0.3 is 15.0 Å². The molecule has 2 aromatic rings. The van der Waals surface area contributed by atoms with Gasteiger partial charge in [0.2, 0.25) is 5.78 Å². The zero-order chi connectivity index (χ0) is 16.2. The van der Waals surface area contributed by atoms with Crippen molar-refractivity contribution < 1.29 is 9.53 Å². The standard InChI is InChI=1S/C17H17N3O2S/c1-19-14-13(11-18)17(20-7-9-22-10-8-20)23-16(14)15(21)12-5-3-2-4-6-12/h2-6,19H,7-10H2,1H3. The summed E-state index contributed by atoms with van der Waals surface area (Å²) in [7, 11) is 1.74. The lowest BCUT2D eigenvalue weighted by Crippen LogP contribution is -2.36. The molecule has 1 aromatic carbocycles. The molecule has 1 N–H and O–H groups in total. The molecule has 0 radical (unpaired) electrons. The van der Waals surface area contributed by atoms with Crippen LogP contribution in [0, 0.1) is 11.3 Å². The summed E-state index contributed by atoms with van der Waals surface area (Å²) in [5, 5.41) is 13.5. The van der Waals surface area contributed by atoms with Gasteiger partial charge in [0, 0.05) is 25.7 Å². The van der Waals surface area contributed by atoms with Gasteiger partial charge in [-0.3, -0.25) is 4.79 Å². The van der Waals surface area contributed by atoms with Crippen molar-refractivity contribution in [1.82, 2.24) is 0 Å². The summed E-state index contributed by atoms with van der Waals surface area (Å²) in [5.74, 6) is -0.0593. The van der Waals surface area contributed by atoms with Crippen molar-refractivity contribution in [2.75, 3.05) is 43.6 Å². The number of nitriles is 1. The Balaban J connectivity index is 2.05. The van der Waals surface area contributed by atoms with Crippen LogP contribution in [0.2, 0.25) is 0 Å². The molecule has 0 saturated carbocycles. The first-order valence-corrected chi connectivity index (χ1v) is 8.25. The topological polar surface area (TPSA) is 65.4 Å². The van der Waals surface area contributed by atoms with Gasteiger partial charge in [-0.1, -0.05) is 30.3 Å². The van der Waals surface area contributed by atoms with E-state index in [2.05, 4.69) is 16.3 Å². The minimum Gasteiger partial charge on any atom is -0.386 e. The molecule has 0 atom stereocenters. The highest BCUT2D eigenvalue weighted by Crippen LogP contribution is 2.40. The van der Waals surface area contributed by atoms with E-state index in [0.29, 0.717) is 34.9 Å². The highest BCUT2D eigenvalue weighted by Gasteiger charge is 2.26. The average molecular weight is 327 g/mol. The number of anilines is 2. The van der Waals surface area contributed by atoms with Crippen LogP contribution < -0.4 is 10.2 Å². The van der Waals surface area contributed by atoms with Gasteiger partial charge in [-0.25, -0.2) is 0 Å². The summed E-state index contributed by atoms with van der Waals surface area (Å²) in [4.78, 5) is 15.5. The fourth-order valence-electron chi connectivity index (χ4n) is 2.63. The van der Waals surface area contributed by atoms with Crippen molar-refractivity contribution in [2.45, 2.75) is 0 Å². The highest BCUT2D eigenvalue weighted by molar-refractivity contribution is 7.19. The number of thiophene rings is 1. The van der Waals surface area contributed by atoms with Gasteiger partial charge in [-0.15, -0.1) is 11.3 Å². The second kappa shape index (κ2) is 6.82. The Morgan fingerprint density at radius 3 is 2.61 bits per heavy atom. The largest absolute Gasteiger partial charge is 0.386 e. The van der Waals surface area contributed by atoms with Crippen molar-refractivity contribution in [3.8, 4) is 6.07 Å². The number of nitrogens with one attached hydrogen (secondary N) is 1. The second-order valence-corrected chi connectivity index (χ2v) is 6.14. The van der Waals surface area contributed by atoms with Gasteiger partial charge in [0.15, 0.2) is 0 Å². The van der Waals surface area contributed by atoms with Gasteiger partial charge in [-0.2, -0.15) is 5.26 Å². The van der Waals surface area contributed by atoms with E-state index in [9.17, 15) is 10.1 Å². The van der Waals surface area contributed by atoms with Gasteiger partial charge >= 0.3 is 0 Å². The van der Waals surface area contributed by atoms with E-state index in [1.165, 1.54) is 11.3 Å². The van der Waals surface area contributed by atoms with Crippen LogP contribution in [0.15, 0.2) is 30.3 Å². The Labute approximate surface area is 139 Å². The number of morpholine rings is 1. The molecule has 118 valence electrons. The Hall–Kier alpha value is -2.36. The Kier molecular flexibility index (Phi) is 4.60. The molecule has 2 heterocycles. The molecular weight excluding hydrogens is 310 g/mol. The maximum atomic E-state index is 12.8. The fraction of sp³-hybridized carbons (Fsp3) is 0.294. The third-order valence-corrected chi connectivity index (χ3v) is 5.04. The molecule has 3 rings (SSSR count). The molecule has 0 spiro atoms. The SMILES string of the molecule is CNc1c(C(=O)c2ccccc2)sc(N2CCOCC2)c1C#N. The van der Waals surface area contributed by atoms with Crippen LogP contribution in [0.5, 0.6) is 0 Å². The van der Waals surface area contributed by atoms with Gasteiger partial charge in [0.05, 0.1) is 18.9 Å². The molecular formula is C17H17N3O2S. The average Bonchev–Trinajstić information content (AvgIpc) is 3.01. The van der Waals surface area contributed by atoms with Crippen LogP contribution in [-0.4, -0.2) is 39.1 Å². The van der Waals surface area contributed by atoms with Gasteiger partial charge in [-0.05, 0) is 0 Å². The maximum Gasteiger partial charge on any atom is 0.205 e. The van der Waals surface area contributed by atoms with Crippen LogP contribution in [0.3, 0.4) is 0 Å². The van der Waals surface area contributed by atoms with Crippen LogP contribution in [0.1, 0.15) is 20.8 Å². The third-order valence-electron chi connectivity index (χ3n) is 3.79. The first-order valence-electron chi connectivity index (χ1n) is 7.43. The molecule has 1 aliphatic rings. The summed E-state index contributed by atoms with van der Waals surface area (Å²) in [5.41, 5.74) is 1.79. The Morgan fingerprint density at radius 1 is 1.30 bits per heavy atom.